The minimum absolute atomic E-state index is 0.0269. The van der Waals surface area contributed by atoms with E-state index in [4.69, 9.17) is 5.73 Å². The number of nitrogens with two attached hydrogens (primary N) is 1. The molecule has 90 valence electrons. The van der Waals surface area contributed by atoms with Gasteiger partial charge in [-0.15, -0.1) is 0 Å². The van der Waals surface area contributed by atoms with Gasteiger partial charge in [-0.1, -0.05) is 0 Å². The largest absolute Gasteiger partial charge is 0.397 e. The van der Waals surface area contributed by atoms with E-state index in [-0.39, 0.29) is 24.3 Å². The maximum absolute atomic E-state index is 11.6. The summed E-state index contributed by atoms with van der Waals surface area (Å²) in [7, 11) is 0. The molecule has 6 heteroatoms. The van der Waals surface area contributed by atoms with Gasteiger partial charge in [0.05, 0.1) is 24.3 Å². The van der Waals surface area contributed by atoms with Crippen molar-refractivity contribution in [2.75, 3.05) is 12.3 Å². The van der Waals surface area contributed by atoms with Gasteiger partial charge < -0.3 is 16.4 Å². The topological polar surface area (TPSA) is 97.1 Å². The van der Waals surface area contributed by atoms with E-state index in [0.29, 0.717) is 24.3 Å². The van der Waals surface area contributed by atoms with Crippen LogP contribution >= 0.6 is 0 Å². The van der Waals surface area contributed by atoms with Gasteiger partial charge in [0.1, 0.15) is 0 Å². The lowest BCUT2D eigenvalue weighted by Crippen LogP contribution is -2.37. The number of anilines is 1. The van der Waals surface area contributed by atoms with Crippen LogP contribution in [0.25, 0.3) is 0 Å². The highest BCUT2D eigenvalue weighted by Crippen LogP contribution is 2.03. The van der Waals surface area contributed by atoms with Crippen LogP contribution in [0, 0.1) is 0 Å². The van der Waals surface area contributed by atoms with E-state index in [2.05, 4.69) is 15.6 Å². The van der Waals surface area contributed by atoms with E-state index < -0.39 is 0 Å². The van der Waals surface area contributed by atoms with Gasteiger partial charge >= 0.3 is 0 Å². The van der Waals surface area contributed by atoms with Crippen LogP contribution in [-0.4, -0.2) is 29.4 Å². The Morgan fingerprint density at radius 2 is 2.41 bits per heavy atom. The molecular weight excluding hydrogens is 220 g/mol. The van der Waals surface area contributed by atoms with Gasteiger partial charge in [0.15, 0.2) is 0 Å². The summed E-state index contributed by atoms with van der Waals surface area (Å²) in [6.07, 6.45) is 2.06. The van der Waals surface area contributed by atoms with E-state index in [1.807, 2.05) is 0 Å². The molecule has 1 aromatic rings. The number of nitrogen functional groups attached to an aromatic ring is 1. The summed E-state index contributed by atoms with van der Waals surface area (Å²) in [6, 6.07) is 3.31. The van der Waals surface area contributed by atoms with Gasteiger partial charge in [-0.3, -0.25) is 14.6 Å². The van der Waals surface area contributed by atoms with E-state index in [9.17, 15) is 9.59 Å². The van der Waals surface area contributed by atoms with Crippen LogP contribution in [0.15, 0.2) is 18.3 Å². The zero-order chi connectivity index (χ0) is 12.3. The summed E-state index contributed by atoms with van der Waals surface area (Å²) >= 11 is 0. The first-order chi connectivity index (χ1) is 8.13. The number of hydrogen-bond donors (Lipinski definition) is 3. The molecule has 4 N–H and O–H groups in total. The maximum Gasteiger partial charge on any atom is 0.226 e. The number of aromatic nitrogens is 1. The molecule has 0 aliphatic carbocycles. The SMILES string of the molecule is Nc1ccc(CC(=O)NC2CNC(=O)C2)nc1. The van der Waals surface area contributed by atoms with E-state index in [1.54, 1.807) is 12.1 Å². The summed E-state index contributed by atoms with van der Waals surface area (Å²) in [5.74, 6) is -0.162. The third kappa shape index (κ3) is 3.17. The molecule has 17 heavy (non-hydrogen) atoms. The first kappa shape index (κ1) is 11.4. The molecule has 0 aromatic carbocycles. The number of pyridine rings is 1. The zero-order valence-corrected chi connectivity index (χ0v) is 9.27. The third-order valence-corrected chi connectivity index (χ3v) is 2.53. The highest BCUT2D eigenvalue weighted by molar-refractivity contribution is 5.82. The quantitative estimate of drug-likeness (QED) is 0.638. The lowest BCUT2D eigenvalue weighted by atomic mass is 10.2. The average molecular weight is 234 g/mol. The number of carbonyl (C=O) groups is 2. The molecule has 1 aliphatic heterocycles. The normalized spacial score (nSPS) is 18.8. The second kappa shape index (κ2) is 4.82. The zero-order valence-electron chi connectivity index (χ0n) is 9.27. The van der Waals surface area contributed by atoms with Crippen LogP contribution in [-0.2, 0) is 16.0 Å². The third-order valence-electron chi connectivity index (χ3n) is 2.53. The molecule has 2 amide bonds. The summed E-state index contributed by atoms with van der Waals surface area (Å²) in [4.78, 5) is 26.6. The second-order valence-electron chi connectivity index (χ2n) is 4.03. The molecule has 1 aliphatic rings. The molecule has 0 saturated carbocycles. The molecule has 1 saturated heterocycles. The standard InChI is InChI=1S/C11H14N4O2/c12-7-1-2-8(13-5-7)3-11(17)15-9-4-10(16)14-6-9/h1-2,5,9H,3-4,6,12H2,(H,14,16)(H,15,17). The highest BCUT2D eigenvalue weighted by Gasteiger charge is 2.22. The van der Waals surface area contributed by atoms with Crippen LogP contribution < -0.4 is 16.4 Å². The number of amides is 2. The fourth-order valence-electron chi connectivity index (χ4n) is 1.69. The van der Waals surface area contributed by atoms with Crippen molar-refractivity contribution in [1.29, 1.82) is 0 Å². The van der Waals surface area contributed by atoms with Crippen molar-refractivity contribution in [2.24, 2.45) is 0 Å². The van der Waals surface area contributed by atoms with Crippen LogP contribution in [0.4, 0.5) is 5.69 Å². The Bertz CT molecular complexity index is 430. The Balaban J connectivity index is 1.85. The maximum atomic E-state index is 11.6. The minimum atomic E-state index is -0.135. The molecular formula is C11H14N4O2. The molecule has 2 rings (SSSR count). The van der Waals surface area contributed by atoms with E-state index >= 15 is 0 Å². The van der Waals surface area contributed by atoms with Crippen molar-refractivity contribution in [1.82, 2.24) is 15.6 Å². The molecule has 6 nitrogen and oxygen atoms in total. The minimum Gasteiger partial charge on any atom is -0.397 e. The number of nitrogens with one attached hydrogen (secondary N) is 2. The van der Waals surface area contributed by atoms with Crippen molar-refractivity contribution < 1.29 is 9.59 Å². The van der Waals surface area contributed by atoms with Gasteiger partial charge in [-0.25, -0.2) is 0 Å². The fraction of sp³-hybridized carbons (Fsp3) is 0.364. The Labute approximate surface area is 98.6 Å². The molecule has 1 unspecified atom stereocenters. The fourth-order valence-corrected chi connectivity index (χ4v) is 1.69. The van der Waals surface area contributed by atoms with Crippen LogP contribution in [0.1, 0.15) is 12.1 Å². The van der Waals surface area contributed by atoms with Crippen molar-refractivity contribution in [3.63, 3.8) is 0 Å². The first-order valence-electron chi connectivity index (χ1n) is 5.40. The van der Waals surface area contributed by atoms with Gasteiger partial charge in [0.2, 0.25) is 11.8 Å². The van der Waals surface area contributed by atoms with Crippen LogP contribution in [0.3, 0.4) is 0 Å². The smallest absolute Gasteiger partial charge is 0.226 e. The number of rotatable bonds is 3. The molecule has 0 spiro atoms. The molecule has 1 atom stereocenters. The van der Waals surface area contributed by atoms with Crippen molar-refractivity contribution in [3.8, 4) is 0 Å². The van der Waals surface area contributed by atoms with Crippen molar-refractivity contribution in [3.05, 3.63) is 24.0 Å². The van der Waals surface area contributed by atoms with Gasteiger partial charge in [0.25, 0.3) is 0 Å². The summed E-state index contributed by atoms with van der Waals surface area (Å²) in [6.45, 7) is 0.500. The summed E-state index contributed by atoms with van der Waals surface area (Å²) in [5.41, 5.74) is 6.73. The lowest BCUT2D eigenvalue weighted by Gasteiger charge is -2.09. The van der Waals surface area contributed by atoms with Gasteiger partial charge in [-0.05, 0) is 12.1 Å². The van der Waals surface area contributed by atoms with Crippen LogP contribution in [0.5, 0.6) is 0 Å². The Hall–Kier alpha value is -2.11. The summed E-state index contributed by atoms with van der Waals surface area (Å²) < 4.78 is 0. The second-order valence-corrected chi connectivity index (χ2v) is 4.03. The monoisotopic (exact) mass is 234 g/mol. The lowest BCUT2D eigenvalue weighted by molar-refractivity contribution is -0.121. The van der Waals surface area contributed by atoms with Crippen molar-refractivity contribution in [2.45, 2.75) is 18.9 Å². The Morgan fingerprint density at radius 3 is 3.00 bits per heavy atom. The van der Waals surface area contributed by atoms with Crippen LogP contribution in [0.2, 0.25) is 0 Å². The van der Waals surface area contributed by atoms with E-state index in [0.717, 1.165) is 0 Å². The first-order valence-corrected chi connectivity index (χ1v) is 5.40. The summed E-state index contributed by atoms with van der Waals surface area (Å²) in [5, 5.41) is 5.44. The van der Waals surface area contributed by atoms with Gasteiger partial charge in [0, 0.05) is 18.7 Å². The Morgan fingerprint density at radius 1 is 1.59 bits per heavy atom. The predicted molar refractivity (Wildman–Crippen MR) is 61.9 cm³/mol. The van der Waals surface area contributed by atoms with Crippen molar-refractivity contribution >= 4 is 17.5 Å². The highest BCUT2D eigenvalue weighted by atomic mass is 16.2. The van der Waals surface area contributed by atoms with E-state index in [1.165, 1.54) is 6.20 Å². The number of nitrogens with zero attached hydrogens (tertiary/aromatic N) is 1. The molecule has 1 aromatic heterocycles. The predicted octanol–water partition coefficient (Wildman–Crippen LogP) is -0.789. The molecule has 0 radical (unpaired) electrons. The molecule has 1 fully saturated rings. The average Bonchev–Trinajstić information content (AvgIpc) is 2.67. The van der Waals surface area contributed by atoms with Gasteiger partial charge in [-0.2, -0.15) is 0 Å². The number of carbonyl (C=O) groups excluding carboxylic acids is 2. The Kier molecular flexibility index (Phi) is 3.22. The molecule has 0 bridgehead atoms. The molecule has 2 heterocycles. The number of hydrogen-bond acceptors (Lipinski definition) is 4.